The van der Waals surface area contributed by atoms with Crippen molar-refractivity contribution >= 4 is 23.5 Å². The maximum atomic E-state index is 14.7. The second-order valence-electron chi connectivity index (χ2n) is 7.77. The second-order valence-corrected chi connectivity index (χ2v) is 10.3. The summed E-state index contributed by atoms with van der Waals surface area (Å²) in [5, 5.41) is 0.181. The second kappa shape index (κ2) is 9.13. The smallest absolute Gasteiger partial charge is 0.249 e. The number of rotatable bonds is 7. The summed E-state index contributed by atoms with van der Waals surface area (Å²) in [7, 11) is -1.43. The molecular weight excluding hydrogens is 423 g/mol. The van der Waals surface area contributed by atoms with Gasteiger partial charge < -0.3 is 14.0 Å². The highest BCUT2D eigenvalue weighted by Gasteiger charge is 2.46. The van der Waals surface area contributed by atoms with Crippen molar-refractivity contribution in [1.29, 1.82) is 0 Å². The van der Waals surface area contributed by atoms with E-state index in [1.807, 2.05) is 12.1 Å². The molecule has 0 aliphatic carbocycles. The molecule has 3 aromatic carbocycles. The zero-order valence-corrected chi connectivity index (χ0v) is 20.1. The Morgan fingerprint density at radius 3 is 1.59 bits per heavy atom. The highest BCUT2D eigenvalue weighted by atomic mass is 31.2. The zero-order chi connectivity index (χ0) is 23.6. The van der Waals surface area contributed by atoms with E-state index in [1.165, 1.54) is 14.2 Å². The number of carbonyl (C=O) groups excluding carboxylic acids is 2. The summed E-state index contributed by atoms with van der Waals surface area (Å²) in [5.74, 6) is 0.505. The maximum Gasteiger partial charge on any atom is 0.249 e. The van der Waals surface area contributed by atoms with E-state index in [9.17, 15) is 14.2 Å². The largest absolute Gasteiger partial charge is 0.496 e. The van der Waals surface area contributed by atoms with E-state index in [4.69, 9.17) is 9.47 Å². The minimum atomic E-state index is -4.31. The van der Waals surface area contributed by atoms with E-state index in [0.29, 0.717) is 27.8 Å². The third-order valence-electron chi connectivity index (χ3n) is 5.61. The number of aryl methyl sites for hydroxylation is 4. The highest BCUT2D eigenvalue weighted by molar-refractivity contribution is 8.01. The summed E-state index contributed by atoms with van der Waals surface area (Å²) >= 11 is 0. The van der Waals surface area contributed by atoms with Crippen LogP contribution in [0.3, 0.4) is 0 Å². The molecule has 0 N–H and O–H groups in total. The first-order chi connectivity index (χ1) is 15.2. The SMILES string of the molecule is COc1c(C)cc(C)c(OC)c1C(=O)P(=O)(C(=O)c1c(C)cccc1C)c1ccccc1. The van der Waals surface area contributed by atoms with Crippen LogP contribution in [0.1, 0.15) is 43.0 Å². The number of hydrogen-bond acceptors (Lipinski definition) is 5. The summed E-state index contributed by atoms with van der Waals surface area (Å²) in [6.45, 7) is 7.14. The lowest BCUT2D eigenvalue weighted by Gasteiger charge is -2.22. The Kier molecular flexibility index (Phi) is 6.71. The molecule has 0 aromatic heterocycles. The summed E-state index contributed by atoms with van der Waals surface area (Å²) in [4.78, 5) is 28.1. The molecule has 3 rings (SSSR count). The third-order valence-corrected chi connectivity index (χ3v) is 8.23. The average Bonchev–Trinajstić information content (AvgIpc) is 2.78. The molecule has 1 unspecified atom stereocenters. The molecule has 0 heterocycles. The van der Waals surface area contributed by atoms with E-state index >= 15 is 0 Å². The van der Waals surface area contributed by atoms with Crippen LogP contribution in [-0.2, 0) is 4.57 Å². The van der Waals surface area contributed by atoms with E-state index in [1.54, 1.807) is 70.2 Å². The summed E-state index contributed by atoms with van der Waals surface area (Å²) in [6.07, 6.45) is 0. The van der Waals surface area contributed by atoms with Crippen LogP contribution >= 0.6 is 7.14 Å². The molecule has 0 radical (unpaired) electrons. The lowest BCUT2D eigenvalue weighted by molar-refractivity contribution is 0.103. The van der Waals surface area contributed by atoms with Crippen molar-refractivity contribution in [2.75, 3.05) is 14.2 Å². The number of hydrogen-bond donors (Lipinski definition) is 0. The van der Waals surface area contributed by atoms with Gasteiger partial charge >= 0.3 is 0 Å². The van der Waals surface area contributed by atoms with Gasteiger partial charge in [0.1, 0.15) is 17.1 Å². The van der Waals surface area contributed by atoms with Crippen molar-refractivity contribution in [3.05, 3.63) is 88.0 Å². The fraction of sp³-hybridized carbons (Fsp3) is 0.231. The lowest BCUT2D eigenvalue weighted by Crippen LogP contribution is -2.23. The van der Waals surface area contributed by atoms with E-state index in [0.717, 1.165) is 0 Å². The molecule has 0 aliphatic rings. The Balaban J connectivity index is 2.39. The van der Waals surface area contributed by atoms with E-state index < -0.39 is 18.2 Å². The van der Waals surface area contributed by atoms with Gasteiger partial charge in [0.15, 0.2) is 0 Å². The van der Waals surface area contributed by atoms with Crippen molar-refractivity contribution in [2.24, 2.45) is 0 Å². The van der Waals surface area contributed by atoms with Gasteiger partial charge in [-0.2, -0.15) is 0 Å². The van der Waals surface area contributed by atoms with Gasteiger partial charge in [0.05, 0.1) is 14.2 Å². The molecule has 0 amide bonds. The number of methoxy groups -OCH3 is 2. The fourth-order valence-corrected chi connectivity index (χ4v) is 6.54. The Morgan fingerprint density at radius 2 is 1.12 bits per heavy atom. The first-order valence-corrected chi connectivity index (χ1v) is 11.9. The highest BCUT2D eigenvalue weighted by Crippen LogP contribution is 2.55. The molecule has 0 bridgehead atoms. The van der Waals surface area contributed by atoms with Crippen LogP contribution in [0.2, 0.25) is 0 Å². The molecule has 32 heavy (non-hydrogen) atoms. The first-order valence-electron chi connectivity index (χ1n) is 10.2. The van der Waals surface area contributed by atoms with Crippen LogP contribution in [0, 0.1) is 27.7 Å². The molecule has 0 saturated heterocycles. The van der Waals surface area contributed by atoms with Crippen LogP contribution in [0.5, 0.6) is 11.5 Å². The molecular formula is C26H27O5P. The average molecular weight is 450 g/mol. The molecule has 0 saturated carbocycles. The van der Waals surface area contributed by atoms with Gasteiger partial charge in [-0.1, -0.05) is 48.5 Å². The standard InChI is InChI=1S/C26H27O5P/c1-16-11-10-12-17(2)21(16)25(27)32(29,20-13-8-7-9-14-20)26(28)22-23(30-5)18(3)15-19(4)24(22)31-6/h7-15H,1-6H3. The van der Waals surface area contributed by atoms with Crippen molar-refractivity contribution in [2.45, 2.75) is 27.7 Å². The summed E-state index contributed by atoms with van der Waals surface area (Å²) < 4.78 is 25.7. The molecule has 166 valence electrons. The van der Waals surface area contributed by atoms with Crippen molar-refractivity contribution in [3.8, 4) is 11.5 Å². The van der Waals surface area contributed by atoms with Gasteiger partial charge in [-0.05, 0) is 56.0 Å². The predicted molar refractivity (Wildman–Crippen MR) is 127 cm³/mol. The molecule has 6 heteroatoms. The molecule has 0 fully saturated rings. The summed E-state index contributed by atoms with van der Waals surface area (Å²) in [5.41, 5.74) is 1.55. The van der Waals surface area contributed by atoms with Crippen LogP contribution in [0.25, 0.3) is 0 Å². The topological polar surface area (TPSA) is 69.7 Å². The monoisotopic (exact) mass is 450 g/mol. The minimum absolute atomic E-state index is 0.0271. The van der Waals surface area contributed by atoms with Crippen molar-refractivity contribution in [3.63, 3.8) is 0 Å². The Bertz CT molecular complexity index is 1200. The molecule has 0 aliphatic heterocycles. The maximum absolute atomic E-state index is 14.7. The number of ether oxygens (including phenoxy) is 2. The van der Waals surface area contributed by atoms with Gasteiger partial charge in [0.2, 0.25) is 18.2 Å². The van der Waals surface area contributed by atoms with Crippen LogP contribution in [-0.4, -0.2) is 25.3 Å². The Hall–Kier alpha value is -3.17. The van der Waals surface area contributed by atoms with Gasteiger partial charge in [0, 0.05) is 10.9 Å². The fourth-order valence-electron chi connectivity index (χ4n) is 4.11. The first kappa shape index (κ1) is 23.5. The van der Waals surface area contributed by atoms with Crippen LogP contribution < -0.4 is 14.8 Å². The number of carbonyl (C=O) groups is 2. The Labute approximate surface area is 188 Å². The van der Waals surface area contributed by atoms with E-state index in [2.05, 4.69) is 0 Å². The normalized spacial score (nSPS) is 12.7. The van der Waals surface area contributed by atoms with Crippen LogP contribution in [0.4, 0.5) is 0 Å². The van der Waals surface area contributed by atoms with Gasteiger partial charge in [-0.25, -0.2) is 0 Å². The molecule has 1 atom stereocenters. The minimum Gasteiger partial charge on any atom is -0.496 e. The zero-order valence-electron chi connectivity index (χ0n) is 19.2. The van der Waals surface area contributed by atoms with Crippen LogP contribution in [0.15, 0.2) is 54.6 Å². The van der Waals surface area contributed by atoms with Gasteiger partial charge in [-0.15, -0.1) is 0 Å². The molecule has 5 nitrogen and oxygen atoms in total. The quantitative estimate of drug-likeness (QED) is 0.438. The van der Waals surface area contributed by atoms with Crippen molar-refractivity contribution < 1.29 is 23.6 Å². The lowest BCUT2D eigenvalue weighted by atomic mass is 10.0. The van der Waals surface area contributed by atoms with E-state index in [-0.39, 0.29) is 22.4 Å². The third kappa shape index (κ3) is 3.78. The molecule has 0 spiro atoms. The van der Waals surface area contributed by atoms with Crippen molar-refractivity contribution in [1.82, 2.24) is 0 Å². The number of benzene rings is 3. The van der Waals surface area contributed by atoms with Gasteiger partial charge in [0.25, 0.3) is 0 Å². The molecule has 3 aromatic rings. The van der Waals surface area contributed by atoms with Gasteiger partial charge in [-0.3, -0.25) is 9.59 Å². The Morgan fingerprint density at radius 1 is 0.656 bits per heavy atom. The predicted octanol–water partition coefficient (Wildman–Crippen LogP) is 5.61. The summed E-state index contributed by atoms with van der Waals surface area (Å²) in [6, 6.07) is 15.4.